The molecule has 10 heteroatoms. The van der Waals surface area contributed by atoms with E-state index in [0.717, 1.165) is 45.2 Å². The highest BCUT2D eigenvalue weighted by Gasteiger charge is 2.23. The average Bonchev–Trinajstić information content (AvgIpc) is 3.31. The standard InChI is InChI=1S/C21H24N4O3S3/c1-10(2)17-24-18(15-12-7-5-6-8-13(12)30-19(15)25-17)29-9-14(26)23-21-22-11(3)16(31-21)20(27)28-4/h10H,5-9H2,1-4H3,(H,22,23,26). The van der Waals surface area contributed by atoms with Crippen molar-refractivity contribution in [1.82, 2.24) is 15.0 Å². The fourth-order valence-electron chi connectivity index (χ4n) is 3.52. The van der Waals surface area contributed by atoms with E-state index < -0.39 is 5.97 Å². The van der Waals surface area contributed by atoms with Gasteiger partial charge in [0.1, 0.15) is 20.6 Å². The number of carbonyl (C=O) groups is 2. The summed E-state index contributed by atoms with van der Waals surface area (Å²) in [6, 6.07) is 0. The van der Waals surface area contributed by atoms with Crippen LogP contribution in [0.2, 0.25) is 0 Å². The molecule has 3 aromatic rings. The number of thioether (sulfide) groups is 1. The lowest BCUT2D eigenvalue weighted by molar-refractivity contribution is -0.113. The van der Waals surface area contributed by atoms with Crippen LogP contribution in [-0.2, 0) is 22.4 Å². The maximum absolute atomic E-state index is 12.6. The van der Waals surface area contributed by atoms with Gasteiger partial charge in [-0.15, -0.1) is 11.3 Å². The van der Waals surface area contributed by atoms with Gasteiger partial charge in [0.15, 0.2) is 5.13 Å². The van der Waals surface area contributed by atoms with Crippen LogP contribution in [0.5, 0.6) is 0 Å². The van der Waals surface area contributed by atoms with E-state index in [-0.39, 0.29) is 17.6 Å². The molecule has 0 fully saturated rings. The first-order valence-electron chi connectivity index (χ1n) is 10.2. The van der Waals surface area contributed by atoms with E-state index in [0.29, 0.717) is 15.7 Å². The van der Waals surface area contributed by atoms with Crippen LogP contribution in [0.25, 0.3) is 10.2 Å². The summed E-state index contributed by atoms with van der Waals surface area (Å²) in [5, 5.41) is 5.20. The van der Waals surface area contributed by atoms with Crippen LogP contribution >= 0.6 is 34.4 Å². The molecule has 0 saturated carbocycles. The van der Waals surface area contributed by atoms with Crippen LogP contribution in [0.3, 0.4) is 0 Å². The lowest BCUT2D eigenvalue weighted by Gasteiger charge is -2.12. The highest BCUT2D eigenvalue weighted by atomic mass is 32.2. The number of esters is 1. The van der Waals surface area contributed by atoms with E-state index >= 15 is 0 Å². The predicted octanol–water partition coefficient (Wildman–Crippen LogP) is 4.98. The maximum Gasteiger partial charge on any atom is 0.350 e. The van der Waals surface area contributed by atoms with Gasteiger partial charge in [-0.3, -0.25) is 4.79 Å². The Kier molecular flexibility index (Phi) is 6.59. The third kappa shape index (κ3) is 4.61. The van der Waals surface area contributed by atoms with Crippen LogP contribution in [0.15, 0.2) is 5.03 Å². The second kappa shape index (κ2) is 9.22. The number of aryl methyl sites for hydroxylation is 3. The molecular weight excluding hydrogens is 452 g/mol. The van der Waals surface area contributed by atoms with Crippen LogP contribution in [0.4, 0.5) is 5.13 Å². The number of methoxy groups -OCH3 is 1. The highest BCUT2D eigenvalue weighted by molar-refractivity contribution is 8.00. The Labute approximate surface area is 193 Å². The largest absolute Gasteiger partial charge is 0.465 e. The van der Waals surface area contributed by atoms with Gasteiger partial charge in [0.2, 0.25) is 5.91 Å². The lowest BCUT2D eigenvalue weighted by Crippen LogP contribution is -2.14. The molecule has 0 aromatic carbocycles. The van der Waals surface area contributed by atoms with E-state index in [1.165, 1.54) is 42.2 Å². The fraction of sp³-hybridized carbons (Fsp3) is 0.476. The molecule has 1 aliphatic carbocycles. The number of thiophene rings is 1. The number of carbonyl (C=O) groups excluding carboxylic acids is 2. The zero-order valence-electron chi connectivity index (χ0n) is 17.9. The van der Waals surface area contributed by atoms with Crippen molar-refractivity contribution in [3.8, 4) is 0 Å². The average molecular weight is 477 g/mol. The van der Waals surface area contributed by atoms with Gasteiger partial charge in [-0.2, -0.15) is 0 Å². The number of amides is 1. The first kappa shape index (κ1) is 22.2. The van der Waals surface area contributed by atoms with Gasteiger partial charge >= 0.3 is 5.97 Å². The van der Waals surface area contributed by atoms with E-state index in [9.17, 15) is 9.59 Å². The normalized spacial score (nSPS) is 13.5. The molecule has 1 amide bonds. The minimum absolute atomic E-state index is 0.183. The summed E-state index contributed by atoms with van der Waals surface area (Å²) >= 11 is 4.33. The van der Waals surface area contributed by atoms with Crippen molar-refractivity contribution >= 4 is 61.7 Å². The molecule has 1 N–H and O–H groups in total. The molecule has 0 radical (unpaired) electrons. The summed E-state index contributed by atoms with van der Waals surface area (Å²) in [6.45, 7) is 5.89. The number of nitrogens with one attached hydrogen (secondary N) is 1. The summed E-state index contributed by atoms with van der Waals surface area (Å²) in [5.74, 6) is 0.605. The van der Waals surface area contributed by atoms with Crippen molar-refractivity contribution in [3.05, 3.63) is 26.8 Å². The molecule has 0 atom stereocenters. The van der Waals surface area contributed by atoms with Crippen LogP contribution < -0.4 is 5.32 Å². The zero-order chi connectivity index (χ0) is 22.1. The molecule has 31 heavy (non-hydrogen) atoms. The fourth-order valence-corrected chi connectivity index (χ4v) is 6.62. The number of fused-ring (bicyclic) bond motifs is 3. The monoisotopic (exact) mass is 476 g/mol. The van der Waals surface area contributed by atoms with Crippen LogP contribution in [-0.4, -0.2) is 39.7 Å². The minimum Gasteiger partial charge on any atom is -0.465 e. The van der Waals surface area contributed by atoms with Gasteiger partial charge in [0.05, 0.1) is 18.6 Å². The Morgan fingerprint density at radius 3 is 2.68 bits per heavy atom. The molecule has 3 heterocycles. The maximum atomic E-state index is 12.6. The Bertz CT molecular complexity index is 1150. The number of nitrogens with zero attached hydrogens (tertiary/aromatic N) is 3. The van der Waals surface area contributed by atoms with Crippen molar-refractivity contribution in [1.29, 1.82) is 0 Å². The lowest BCUT2D eigenvalue weighted by atomic mass is 9.97. The molecule has 3 aromatic heterocycles. The molecule has 0 aliphatic heterocycles. The Hall–Kier alpha value is -2.04. The van der Waals surface area contributed by atoms with Gasteiger partial charge in [-0.25, -0.2) is 19.7 Å². The van der Waals surface area contributed by atoms with Crippen LogP contribution in [0, 0.1) is 6.92 Å². The SMILES string of the molecule is COC(=O)c1sc(NC(=O)CSc2nc(C(C)C)nc3sc4c(c23)CCCC4)nc1C. The molecule has 0 bridgehead atoms. The summed E-state index contributed by atoms with van der Waals surface area (Å²) in [7, 11) is 1.33. The number of rotatable bonds is 6. The van der Waals surface area contributed by atoms with Gasteiger partial charge < -0.3 is 10.1 Å². The second-order valence-electron chi connectivity index (χ2n) is 7.69. The minimum atomic E-state index is -0.448. The summed E-state index contributed by atoms with van der Waals surface area (Å²) in [6.07, 6.45) is 4.55. The molecule has 0 spiro atoms. The van der Waals surface area contributed by atoms with Crippen molar-refractivity contribution in [3.63, 3.8) is 0 Å². The van der Waals surface area contributed by atoms with E-state index in [1.807, 2.05) is 0 Å². The van der Waals surface area contributed by atoms with Gasteiger partial charge in [0.25, 0.3) is 0 Å². The summed E-state index contributed by atoms with van der Waals surface area (Å²) in [4.78, 5) is 41.1. The Morgan fingerprint density at radius 1 is 1.16 bits per heavy atom. The second-order valence-corrected chi connectivity index (χ2v) is 10.7. The molecule has 1 aliphatic rings. The van der Waals surface area contributed by atoms with E-state index in [1.54, 1.807) is 18.3 Å². The first-order valence-corrected chi connectivity index (χ1v) is 12.8. The Morgan fingerprint density at radius 2 is 1.94 bits per heavy atom. The van der Waals surface area contributed by atoms with Crippen molar-refractivity contribution < 1.29 is 14.3 Å². The topological polar surface area (TPSA) is 94.1 Å². The Balaban J connectivity index is 1.55. The highest BCUT2D eigenvalue weighted by Crippen LogP contribution is 2.40. The van der Waals surface area contributed by atoms with Gasteiger partial charge in [0, 0.05) is 16.2 Å². The van der Waals surface area contributed by atoms with Crippen LogP contribution in [0.1, 0.15) is 64.2 Å². The first-order chi connectivity index (χ1) is 14.9. The third-order valence-corrected chi connectivity index (χ3v) is 8.28. The van der Waals surface area contributed by atoms with Crippen molar-refractivity contribution in [2.24, 2.45) is 0 Å². The molecule has 7 nitrogen and oxygen atoms in total. The van der Waals surface area contributed by atoms with Crippen molar-refractivity contribution in [2.75, 3.05) is 18.2 Å². The third-order valence-electron chi connectivity index (χ3n) is 5.07. The molecule has 4 rings (SSSR count). The zero-order valence-corrected chi connectivity index (χ0v) is 20.4. The van der Waals surface area contributed by atoms with E-state index in [2.05, 4.69) is 24.1 Å². The number of hydrogen-bond donors (Lipinski definition) is 1. The number of ether oxygens (including phenoxy) is 1. The van der Waals surface area contributed by atoms with Gasteiger partial charge in [-0.05, 0) is 38.2 Å². The van der Waals surface area contributed by atoms with Crippen molar-refractivity contribution in [2.45, 2.75) is 57.4 Å². The molecule has 164 valence electrons. The molecular formula is C21H24N4O3S3. The van der Waals surface area contributed by atoms with E-state index in [4.69, 9.17) is 14.7 Å². The molecule has 0 unspecified atom stereocenters. The number of anilines is 1. The number of aromatic nitrogens is 3. The molecule has 0 saturated heterocycles. The number of hydrogen-bond acceptors (Lipinski definition) is 9. The summed E-state index contributed by atoms with van der Waals surface area (Å²) < 4.78 is 4.75. The smallest absolute Gasteiger partial charge is 0.350 e. The summed E-state index contributed by atoms with van der Waals surface area (Å²) in [5.41, 5.74) is 1.91. The van der Waals surface area contributed by atoms with Gasteiger partial charge in [-0.1, -0.05) is 36.9 Å². The predicted molar refractivity (Wildman–Crippen MR) is 126 cm³/mol. The number of thiazole rings is 1. The quantitative estimate of drug-likeness (QED) is 0.305.